The second-order valence-corrected chi connectivity index (χ2v) is 8.10. The maximum atomic E-state index is 13.3. The molecule has 1 saturated carbocycles. The van der Waals surface area contributed by atoms with Crippen LogP contribution in [0.25, 0.3) is 11.4 Å². The summed E-state index contributed by atoms with van der Waals surface area (Å²) in [7, 11) is 3.80. The number of benzene rings is 1. The Morgan fingerprint density at radius 3 is 2.71 bits per heavy atom. The topological polar surface area (TPSA) is 74.4 Å². The summed E-state index contributed by atoms with van der Waals surface area (Å²) in [6, 6.07) is 7.66. The standard InChI is InChI=1S/C21H29N5O2/c1-25(2)21-22-19(23-24-21)16-8-4-9-17(12-16)20(27)26(13-15-6-3-7-15)14-18-10-5-11-28-18/h4,8-9,12,15,18H,3,5-7,10-11,13-14H2,1-2H3,(H,22,23,24)/t18-/m1/s1. The number of ether oxygens (including phenoxy) is 1. The van der Waals surface area contributed by atoms with E-state index in [-0.39, 0.29) is 12.0 Å². The third-order valence-electron chi connectivity index (χ3n) is 5.70. The van der Waals surface area contributed by atoms with Crippen molar-refractivity contribution in [1.82, 2.24) is 20.1 Å². The normalized spacial score (nSPS) is 19.4. The fraction of sp³-hybridized carbons (Fsp3) is 0.571. The van der Waals surface area contributed by atoms with Crippen LogP contribution in [0.5, 0.6) is 0 Å². The molecule has 2 heterocycles. The molecule has 2 aliphatic rings. The van der Waals surface area contributed by atoms with Crippen molar-refractivity contribution in [2.75, 3.05) is 38.7 Å². The molecule has 28 heavy (non-hydrogen) atoms. The molecule has 0 spiro atoms. The van der Waals surface area contributed by atoms with Crippen molar-refractivity contribution in [1.29, 1.82) is 0 Å². The molecule has 1 N–H and O–H groups in total. The third kappa shape index (κ3) is 4.19. The Labute approximate surface area is 166 Å². The molecule has 1 atom stereocenters. The lowest BCUT2D eigenvalue weighted by Gasteiger charge is -2.33. The number of carbonyl (C=O) groups is 1. The Hall–Kier alpha value is -2.41. The average molecular weight is 383 g/mol. The van der Waals surface area contributed by atoms with E-state index in [0.29, 0.717) is 29.8 Å². The van der Waals surface area contributed by atoms with Crippen LogP contribution in [0, 0.1) is 5.92 Å². The minimum absolute atomic E-state index is 0.0802. The molecule has 2 aromatic rings. The van der Waals surface area contributed by atoms with Gasteiger partial charge in [-0.2, -0.15) is 4.98 Å². The minimum Gasteiger partial charge on any atom is -0.376 e. The fourth-order valence-corrected chi connectivity index (χ4v) is 3.83. The molecular formula is C21H29N5O2. The highest BCUT2D eigenvalue weighted by atomic mass is 16.5. The van der Waals surface area contributed by atoms with Gasteiger partial charge in [0.2, 0.25) is 5.95 Å². The van der Waals surface area contributed by atoms with Gasteiger partial charge in [-0.1, -0.05) is 18.6 Å². The van der Waals surface area contributed by atoms with Crippen LogP contribution in [-0.2, 0) is 4.74 Å². The van der Waals surface area contributed by atoms with Crippen molar-refractivity contribution in [3.63, 3.8) is 0 Å². The van der Waals surface area contributed by atoms with Crippen molar-refractivity contribution in [2.45, 2.75) is 38.2 Å². The first-order chi connectivity index (χ1) is 13.6. The molecule has 0 unspecified atom stereocenters. The first-order valence-electron chi connectivity index (χ1n) is 10.2. The lowest BCUT2D eigenvalue weighted by atomic mass is 9.85. The predicted octanol–water partition coefficient (Wildman–Crippen LogP) is 2.96. The van der Waals surface area contributed by atoms with Gasteiger partial charge in [-0.15, -0.1) is 5.10 Å². The summed E-state index contributed by atoms with van der Waals surface area (Å²) in [5.41, 5.74) is 1.56. The van der Waals surface area contributed by atoms with Crippen molar-refractivity contribution in [3.05, 3.63) is 29.8 Å². The van der Waals surface area contributed by atoms with E-state index in [1.165, 1.54) is 19.3 Å². The number of aromatic amines is 1. The van der Waals surface area contributed by atoms with Gasteiger partial charge in [-0.05, 0) is 43.7 Å². The second kappa shape index (κ2) is 8.31. The molecular weight excluding hydrogens is 354 g/mol. The van der Waals surface area contributed by atoms with Gasteiger partial charge in [-0.3, -0.25) is 9.89 Å². The van der Waals surface area contributed by atoms with E-state index >= 15 is 0 Å². The first kappa shape index (κ1) is 18.9. The average Bonchev–Trinajstić information content (AvgIpc) is 3.35. The van der Waals surface area contributed by atoms with Gasteiger partial charge in [0.25, 0.3) is 5.91 Å². The van der Waals surface area contributed by atoms with Crippen LogP contribution in [-0.4, -0.2) is 65.9 Å². The molecule has 7 nitrogen and oxygen atoms in total. The summed E-state index contributed by atoms with van der Waals surface area (Å²) in [5.74, 6) is 2.00. The number of hydrogen-bond acceptors (Lipinski definition) is 5. The molecule has 7 heteroatoms. The van der Waals surface area contributed by atoms with Gasteiger partial charge in [0, 0.05) is 44.9 Å². The lowest BCUT2D eigenvalue weighted by Crippen LogP contribution is -2.41. The summed E-state index contributed by atoms with van der Waals surface area (Å²) in [5, 5.41) is 7.17. The SMILES string of the molecule is CN(C)c1n[nH]c(-c2cccc(C(=O)N(CC3CCC3)C[C@H]3CCCO3)c2)n1. The van der Waals surface area contributed by atoms with Crippen LogP contribution >= 0.6 is 0 Å². The van der Waals surface area contributed by atoms with Gasteiger partial charge in [-0.25, -0.2) is 0 Å². The number of hydrogen-bond donors (Lipinski definition) is 1. The number of amides is 1. The number of nitrogens with one attached hydrogen (secondary N) is 1. The van der Waals surface area contributed by atoms with Crippen LogP contribution in [0.1, 0.15) is 42.5 Å². The molecule has 150 valence electrons. The zero-order valence-electron chi connectivity index (χ0n) is 16.7. The zero-order valence-corrected chi connectivity index (χ0v) is 16.7. The molecule has 0 bridgehead atoms. The van der Waals surface area contributed by atoms with E-state index < -0.39 is 0 Å². The smallest absolute Gasteiger partial charge is 0.253 e. The van der Waals surface area contributed by atoms with Crippen molar-refractivity contribution >= 4 is 11.9 Å². The Kier molecular flexibility index (Phi) is 5.62. The van der Waals surface area contributed by atoms with Crippen LogP contribution in [0.4, 0.5) is 5.95 Å². The van der Waals surface area contributed by atoms with Crippen LogP contribution < -0.4 is 4.90 Å². The molecule has 1 aromatic carbocycles. The highest BCUT2D eigenvalue weighted by Crippen LogP contribution is 2.29. The third-order valence-corrected chi connectivity index (χ3v) is 5.70. The van der Waals surface area contributed by atoms with E-state index in [1.807, 2.05) is 48.2 Å². The number of nitrogens with zero attached hydrogens (tertiary/aromatic N) is 4. The Morgan fingerprint density at radius 2 is 2.07 bits per heavy atom. The summed E-state index contributed by atoms with van der Waals surface area (Å²) in [4.78, 5) is 21.7. The Bertz CT molecular complexity index is 809. The number of rotatable bonds is 7. The van der Waals surface area contributed by atoms with Gasteiger partial charge < -0.3 is 14.5 Å². The lowest BCUT2D eigenvalue weighted by molar-refractivity contribution is 0.0448. The van der Waals surface area contributed by atoms with Gasteiger partial charge >= 0.3 is 0 Å². The molecule has 4 rings (SSSR count). The molecule has 0 radical (unpaired) electrons. The number of aromatic nitrogens is 3. The summed E-state index contributed by atoms with van der Waals surface area (Å²) >= 11 is 0. The summed E-state index contributed by atoms with van der Waals surface area (Å²) < 4.78 is 5.80. The van der Waals surface area contributed by atoms with Gasteiger partial charge in [0.1, 0.15) is 0 Å². The summed E-state index contributed by atoms with van der Waals surface area (Å²) in [6.45, 7) is 2.33. The number of H-pyrrole nitrogens is 1. The molecule has 1 aliphatic carbocycles. The highest BCUT2D eigenvalue weighted by molar-refractivity contribution is 5.95. The second-order valence-electron chi connectivity index (χ2n) is 8.10. The molecule has 1 saturated heterocycles. The van der Waals surface area contributed by atoms with Gasteiger partial charge in [0.05, 0.1) is 6.10 Å². The molecule has 1 aliphatic heterocycles. The zero-order chi connectivity index (χ0) is 19.5. The monoisotopic (exact) mass is 383 g/mol. The molecule has 2 fully saturated rings. The first-order valence-corrected chi connectivity index (χ1v) is 10.2. The van der Waals surface area contributed by atoms with Crippen molar-refractivity contribution in [3.8, 4) is 11.4 Å². The van der Waals surface area contributed by atoms with Crippen molar-refractivity contribution < 1.29 is 9.53 Å². The number of anilines is 1. The largest absolute Gasteiger partial charge is 0.376 e. The summed E-state index contributed by atoms with van der Waals surface area (Å²) in [6.07, 6.45) is 6.03. The van der Waals surface area contributed by atoms with E-state index in [4.69, 9.17) is 4.74 Å². The van der Waals surface area contributed by atoms with Crippen LogP contribution in [0.15, 0.2) is 24.3 Å². The molecule has 1 aromatic heterocycles. The quantitative estimate of drug-likeness (QED) is 0.796. The van der Waals surface area contributed by atoms with Crippen molar-refractivity contribution in [2.24, 2.45) is 5.92 Å². The Morgan fingerprint density at radius 1 is 1.21 bits per heavy atom. The molecule has 1 amide bonds. The fourth-order valence-electron chi connectivity index (χ4n) is 3.83. The maximum absolute atomic E-state index is 13.3. The van der Waals surface area contributed by atoms with E-state index in [1.54, 1.807) is 0 Å². The van der Waals surface area contributed by atoms with E-state index in [2.05, 4.69) is 15.2 Å². The van der Waals surface area contributed by atoms with Crippen LogP contribution in [0.3, 0.4) is 0 Å². The number of carbonyl (C=O) groups excluding carboxylic acids is 1. The maximum Gasteiger partial charge on any atom is 0.253 e. The Balaban J connectivity index is 1.53. The predicted molar refractivity (Wildman–Crippen MR) is 108 cm³/mol. The van der Waals surface area contributed by atoms with E-state index in [0.717, 1.165) is 31.6 Å². The minimum atomic E-state index is 0.0802. The highest BCUT2D eigenvalue weighted by Gasteiger charge is 2.28. The van der Waals surface area contributed by atoms with Crippen LogP contribution in [0.2, 0.25) is 0 Å². The van der Waals surface area contributed by atoms with Gasteiger partial charge in [0.15, 0.2) is 5.82 Å². The van der Waals surface area contributed by atoms with E-state index in [9.17, 15) is 4.79 Å².